The summed E-state index contributed by atoms with van der Waals surface area (Å²) in [5, 5.41) is 16.2. The van der Waals surface area contributed by atoms with Crippen molar-refractivity contribution in [2.24, 2.45) is 0 Å². The van der Waals surface area contributed by atoms with Gasteiger partial charge >= 0.3 is 0 Å². The van der Waals surface area contributed by atoms with Gasteiger partial charge < -0.3 is 14.6 Å². The van der Waals surface area contributed by atoms with E-state index in [0.29, 0.717) is 28.5 Å². The second-order valence-corrected chi connectivity index (χ2v) is 9.80. The maximum atomic E-state index is 15.1. The first-order chi connectivity index (χ1) is 19.7. The molecule has 1 unspecified atom stereocenters. The first kappa shape index (κ1) is 28.1. The molecule has 2 aromatic heterocycles. The number of halogens is 4. The van der Waals surface area contributed by atoms with Crippen LogP contribution < -0.4 is 9.47 Å². The van der Waals surface area contributed by atoms with Gasteiger partial charge in [0, 0.05) is 33.6 Å². The molecular formula is C30H24ClF3N4O3. The van der Waals surface area contributed by atoms with Crippen molar-refractivity contribution >= 4 is 11.6 Å². The predicted molar refractivity (Wildman–Crippen MR) is 147 cm³/mol. The molecular weight excluding hydrogens is 557 g/mol. The Bertz CT molecular complexity index is 1680. The van der Waals surface area contributed by atoms with Crippen LogP contribution in [0.2, 0.25) is 5.02 Å². The highest BCUT2D eigenvalue weighted by Crippen LogP contribution is 2.46. The molecule has 0 fully saturated rings. The standard InChI is InChI=1S/C30H24ClF3N4O3/c1-3-23-26(30(2,39)15-38-17-35-16-37-38)24(13-14-36-23)41-29-21(20-11-12-22(32)28(34)27(20)33)5-4-6-25(29)40-19-9-7-18(31)8-10-19/h4-14,16-17,39H,3,15H2,1-2H3. The van der Waals surface area contributed by atoms with Crippen LogP contribution in [-0.2, 0) is 18.6 Å². The summed E-state index contributed by atoms with van der Waals surface area (Å²) in [5.41, 5.74) is -0.798. The molecule has 0 spiro atoms. The molecule has 0 bridgehead atoms. The van der Waals surface area contributed by atoms with Gasteiger partial charge in [-0.1, -0.05) is 30.7 Å². The molecule has 41 heavy (non-hydrogen) atoms. The number of aryl methyl sites for hydroxylation is 1. The van der Waals surface area contributed by atoms with Gasteiger partial charge in [-0.05, 0) is 61.9 Å². The van der Waals surface area contributed by atoms with Gasteiger partial charge in [-0.3, -0.25) is 4.98 Å². The smallest absolute Gasteiger partial charge is 0.195 e. The number of rotatable bonds is 9. The second kappa shape index (κ2) is 11.6. The third kappa shape index (κ3) is 5.89. The van der Waals surface area contributed by atoms with Crippen LogP contribution >= 0.6 is 11.6 Å². The van der Waals surface area contributed by atoms with E-state index in [0.717, 1.165) is 12.1 Å². The molecule has 1 N–H and O–H groups in total. The normalized spacial score (nSPS) is 12.7. The minimum atomic E-state index is -1.62. The van der Waals surface area contributed by atoms with Crippen molar-refractivity contribution in [2.45, 2.75) is 32.4 Å². The number of aliphatic hydroxyl groups is 1. The molecule has 5 aromatic rings. The van der Waals surface area contributed by atoms with E-state index in [2.05, 4.69) is 15.1 Å². The summed E-state index contributed by atoms with van der Waals surface area (Å²) in [6.45, 7) is 3.49. The van der Waals surface area contributed by atoms with Crippen LogP contribution in [0.1, 0.15) is 25.1 Å². The zero-order valence-electron chi connectivity index (χ0n) is 22.0. The molecule has 7 nitrogen and oxygen atoms in total. The van der Waals surface area contributed by atoms with Gasteiger partial charge in [-0.15, -0.1) is 0 Å². The lowest BCUT2D eigenvalue weighted by atomic mass is 9.92. The van der Waals surface area contributed by atoms with E-state index in [1.54, 1.807) is 49.4 Å². The summed E-state index contributed by atoms with van der Waals surface area (Å²) in [6.07, 6.45) is 4.79. The number of para-hydroxylation sites is 1. The second-order valence-electron chi connectivity index (χ2n) is 9.37. The molecule has 11 heteroatoms. The minimum absolute atomic E-state index is 0.00147. The van der Waals surface area contributed by atoms with Crippen LogP contribution in [0.5, 0.6) is 23.0 Å². The molecule has 5 rings (SSSR count). The molecule has 0 radical (unpaired) electrons. The first-order valence-electron chi connectivity index (χ1n) is 12.6. The van der Waals surface area contributed by atoms with Crippen molar-refractivity contribution in [3.63, 3.8) is 0 Å². The summed E-state index contributed by atoms with van der Waals surface area (Å²) in [5.74, 6) is -3.60. The summed E-state index contributed by atoms with van der Waals surface area (Å²) < 4.78 is 57.2. The van der Waals surface area contributed by atoms with Crippen molar-refractivity contribution in [2.75, 3.05) is 0 Å². The first-order valence-corrected chi connectivity index (χ1v) is 13.0. The van der Waals surface area contributed by atoms with Crippen molar-refractivity contribution in [3.05, 3.63) is 113 Å². The van der Waals surface area contributed by atoms with E-state index in [1.807, 2.05) is 6.92 Å². The number of pyridine rings is 1. The highest BCUT2D eigenvalue weighted by atomic mass is 35.5. The Balaban J connectivity index is 1.68. The number of hydrogen-bond acceptors (Lipinski definition) is 6. The number of aromatic nitrogens is 4. The van der Waals surface area contributed by atoms with Crippen molar-refractivity contribution in [3.8, 4) is 34.1 Å². The maximum Gasteiger partial charge on any atom is 0.195 e. The van der Waals surface area contributed by atoms with E-state index >= 15 is 4.39 Å². The van der Waals surface area contributed by atoms with Crippen LogP contribution in [0.25, 0.3) is 11.1 Å². The SMILES string of the molecule is CCc1nccc(Oc2c(Oc3ccc(Cl)cc3)cccc2-c2ccc(F)c(F)c2F)c1C(C)(O)Cn1cncn1. The molecule has 0 amide bonds. The molecule has 3 aromatic carbocycles. The van der Waals surface area contributed by atoms with Gasteiger partial charge in [-0.25, -0.2) is 22.8 Å². The van der Waals surface area contributed by atoms with Gasteiger partial charge in [0.2, 0.25) is 0 Å². The van der Waals surface area contributed by atoms with Gasteiger partial charge in [0.05, 0.1) is 6.54 Å². The van der Waals surface area contributed by atoms with Crippen molar-refractivity contribution < 1.29 is 27.8 Å². The summed E-state index contributed by atoms with van der Waals surface area (Å²) in [7, 11) is 0. The Labute approximate surface area is 238 Å². The van der Waals surface area contributed by atoms with Crippen molar-refractivity contribution in [1.82, 2.24) is 19.7 Å². The minimum Gasteiger partial charge on any atom is -0.453 e. The summed E-state index contributed by atoms with van der Waals surface area (Å²) in [6, 6.07) is 14.7. The number of ether oxygens (including phenoxy) is 2. The van der Waals surface area contributed by atoms with Crippen LogP contribution in [0.3, 0.4) is 0 Å². The van der Waals surface area contributed by atoms with E-state index in [-0.39, 0.29) is 34.9 Å². The Morgan fingerprint density at radius 2 is 1.71 bits per heavy atom. The third-order valence-electron chi connectivity index (χ3n) is 6.36. The van der Waals surface area contributed by atoms with Gasteiger partial charge in [0.15, 0.2) is 29.0 Å². The van der Waals surface area contributed by atoms with Gasteiger partial charge in [-0.2, -0.15) is 5.10 Å². The topological polar surface area (TPSA) is 82.3 Å². The Morgan fingerprint density at radius 3 is 2.41 bits per heavy atom. The Hall–Kier alpha value is -4.41. The lowest BCUT2D eigenvalue weighted by molar-refractivity contribution is 0.0313. The number of benzene rings is 3. The third-order valence-corrected chi connectivity index (χ3v) is 6.61. The molecule has 0 aliphatic rings. The van der Waals surface area contributed by atoms with Gasteiger partial charge in [0.25, 0.3) is 0 Å². The fourth-order valence-electron chi connectivity index (χ4n) is 4.51. The summed E-state index contributed by atoms with van der Waals surface area (Å²) in [4.78, 5) is 8.36. The number of hydrogen-bond donors (Lipinski definition) is 1. The lowest BCUT2D eigenvalue weighted by Crippen LogP contribution is -2.30. The highest BCUT2D eigenvalue weighted by Gasteiger charge is 2.32. The molecule has 210 valence electrons. The van der Waals surface area contributed by atoms with E-state index in [9.17, 15) is 13.9 Å². The fourth-order valence-corrected chi connectivity index (χ4v) is 4.64. The molecule has 0 saturated heterocycles. The molecule has 2 heterocycles. The Morgan fingerprint density at radius 1 is 0.927 bits per heavy atom. The highest BCUT2D eigenvalue weighted by molar-refractivity contribution is 6.30. The average Bonchev–Trinajstić information content (AvgIpc) is 3.46. The molecule has 0 aliphatic heterocycles. The molecule has 0 aliphatic carbocycles. The zero-order chi connectivity index (χ0) is 29.1. The fraction of sp³-hybridized carbons (Fsp3) is 0.167. The van der Waals surface area contributed by atoms with E-state index in [4.69, 9.17) is 21.1 Å². The van der Waals surface area contributed by atoms with Crippen LogP contribution in [0, 0.1) is 17.5 Å². The van der Waals surface area contributed by atoms with Crippen molar-refractivity contribution in [1.29, 1.82) is 0 Å². The Kier molecular flexibility index (Phi) is 7.96. The summed E-state index contributed by atoms with van der Waals surface area (Å²) >= 11 is 6.02. The average molecular weight is 581 g/mol. The largest absolute Gasteiger partial charge is 0.453 e. The van der Waals surface area contributed by atoms with Crippen LogP contribution in [0.4, 0.5) is 13.2 Å². The number of nitrogens with zero attached hydrogens (tertiary/aromatic N) is 4. The van der Waals surface area contributed by atoms with Crippen LogP contribution in [-0.4, -0.2) is 24.9 Å². The van der Waals surface area contributed by atoms with E-state index < -0.39 is 23.1 Å². The van der Waals surface area contributed by atoms with Crippen LogP contribution in [0.15, 0.2) is 79.5 Å². The molecule has 0 saturated carbocycles. The molecule has 1 atom stereocenters. The van der Waals surface area contributed by atoms with E-state index in [1.165, 1.54) is 29.6 Å². The predicted octanol–water partition coefficient (Wildman–Crippen LogP) is 7.47. The maximum absolute atomic E-state index is 15.1. The lowest BCUT2D eigenvalue weighted by Gasteiger charge is -2.28. The zero-order valence-corrected chi connectivity index (χ0v) is 22.7. The van der Waals surface area contributed by atoms with Gasteiger partial charge in [0.1, 0.15) is 29.8 Å². The quantitative estimate of drug-likeness (QED) is 0.182. The monoisotopic (exact) mass is 580 g/mol.